The molecule has 0 saturated carbocycles. The molecule has 1 saturated heterocycles. The smallest absolute Gasteiger partial charge is 0.196 e. The van der Waals surface area contributed by atoms with Gasteiger partial charge in [-0.1, -0.05) is 36.4 Å². The molecule has 3 aromatic rings. The number of hydrogen-bond acceptors (Lipinski definition) is 3. The van der Waals surface area contributed by atoms with E-state index in [-0.39, 0.29) is 12.0 Å². The van der Waals surface area contributed by atoms with E-state index in [0.29, 0.717) is 12.4 Å². The molecule has 0 bridgehead atoms. The quantitative estimate of drug-likeness (QED) is 0.519. The number of benzene rings is 1. The minimum atomic E-state index is -0.373. The number of guanidine groups is 1. The van der Waals surface area contributed by atoms with E-state index in [9.17, 15) is 5.11 Å². The van der Waals surface area contributed by atoms with Crippen molar-refractivity contribution in [2.24, 2.45) is 16.6 Å². The molecule has 1 unspecified atom stereocenters. The Morgan fingerprint density at radius 1 is 1.23 bits per heavy atom. The predicted octanol–water partition coefficient (Wildman–Crippen LogP) is 2.21. The van der Waals surface area contributed by atoms with E-state index in [1.807, 2.05) is 42.9 Å². The highest BCUT2D eigenvalue weighted by molar-refractivity contribution is 5.81. The maximum Gasteiger partial charge on any atom is 0.196 e. The van der Waals surface area contributed by atoms with Crippen LogP contribution in [0.1, 0.15) is 24.1 Å². The van der Waals surface area contributed by atoms with E-state index >= 15 is 0 Å². The topological polar surface area (TPSA) is 79.1 Å². The van der Waals surface area contributed by atoms with E-state index in [2.05, 4.69) is 37.5 Å². The highest BCUT2D eigenvalue weighted by Crippen LogP contribution is 2.25. The number of nitrogens with two attached hydrogens (primary N) is 1. The highest BCUT2D eigenvalue weighted by atomic mass is 16.3. The molecule has 0 radical (unpaired) electrons. The molecule has 0 amide bonds. The summed E-state index contributed by atoms with van der Waals surface area (Å²) in [4.78, 5) is 11.0. The molecule has 1 atom stereocenters. The van der Waals surface area contributed by atoms with Crippen molar-refractivity contribution in [2.45, 2.75) is 31.8 Å². The van der Waals surface area contributed by atoms with Gasteiger partial charge < -0.3 is 20.1 Å². The van der Waals surface area contributed by atoms with Crippen LogP contribution in [-0.4, -0.2) is 44.5 Å². The van der Waals surface area contributed by atoms with Crippen molar-refractivity contribution in [3.8, 4) is 0 Å². The van der Waals surface area contributed by atoms with Gasteiger partial charge >= 0.3 is 0 Å². The molecule has 5 rings (SSSR count). The number of hydrogen-bond donors (Lipinski definition) is 2. The molecule has 1 aliphatic heterocycles. The lowest BCUT2D eigenvalue weighted by Crippen LogP contribution is -2.45. The number of rotatable bonds is 4. The first-order valence-corrected chi connectivity index (χ1v) is 10.7. The van der Waals surface area contributed by atoms with Crippen LogP contribution in [-0.2, 0) is 12.8 Å². The Hall–Kier alpha value is -3.12. The van der Waals surface area contributed by atoms with Crippen LogP contribution in [0.25, 0.3) is 11.6 Å². The van der Waals surface area contributed by atoms with Crippen molar-refractivity contribution >= 4 is 23.2 Å². The van der Waals surface area contributed by atoms with Crippen molar-refractivity contribution < 1.29 is 5.11 Å². The summed E-state index contributed by atoms with van der Waals surface area (Å²) in [5.41, 5.74) is 10.8. The Balaban J connectivity index is 1.26. The lowest BCUT2D eigenvalue weighted by molar-refractivity contribution is 0.0733. The number of piperidine rings is 1. The minimum absolute atomic E-state index is 0.262. The van der Waals surface area contributed by atoms with Gasteiger partial charge in [0.05, 0.1) is 29.8 Å². The molecular weight excluding hydrogens is 374 g/mol. The lowest BCUT2D eigenvalue weighted by atomic mass is 9.88. The Morgan fingerprint density at radius 3 is 2.83 bits per heavy atom. The molecule has 1 aliphatic carbocycles. The van der Waals surface area contributed by atoms with Crippen LogP contribution in [0.4, 0.5) is 5.69 Å². The first-order chi connectivity index (χ1) is 14.7. The Morgan fingerprint density at radius 2 is 2.03 bits per heavy atom. The number of para-hydroxylation sites is 1. The van der Waals surface area contributed by atoms with Gasteiger partial charge in [0.2, 0.25) is 0 Å². The molecule has 1 fully saturated rings. The number of imidazole rings is 1. The van der Waals surface area contributed by atoms with Crippen molar-refractivity contribution in [1.29, 1.82) is 0 Å². The number of aliphatic imine (C=N–C) groups is 1. The third-order valence-corrected chi connectivity index (χ3v) is 6.41. The predicted molar refractivity (Wildman–Crippen MR) is 119 cm³/mol. The van der Waals surface area contributed by atoms with Crippen LogP contribution in [0.5, 0.6) is 0 Å². The van der Waals surface area contributed by atoms with E-state index < -0.39 is 0 Å². The molecule has 3 heterocycles. The standard InChI is InChI=1S/C24H27N5O/c25-24(27-18-6-2-1-3-7-18)28-12-10-17(11-13-28)23(30)14-21-19-8-4-5-9-20(19)22-15-26-16-29(21)22/h1-7,9,15-17,23,30H,8,10-14H2,(H2,25,27). The summed E-state index contributed by atoms with van der Waals surface area (Å²) < 4.78 is 2.15. The fourth-order valence-electron chi connectivity index (χ4n) is 4.73. The van der Waals surface area contributed by atoms with Crippen LogP contribution in [0.15, 0.2) is 60.0 Å². The fourth-order valence-corrected chi connectivity index (χ4v) is 4.73. The summed E-state index contributed by atoms with van der Waals surface area (Å²) in [6.45, 7) is 1.64. The zero-order chi connectivity index (χ0) is 20.5. The first kappa shape index (κ1) is 18.9. The summed E-state index contributed by atoms with van der Waals surface area (Å²) in [5.74, 6) is 0.819. The van der Waals surface area contributed by atoms with Crippen LogP contribution in [0.2, 0.25) is 0 Å². The van der Waals surface area contributed by atoms with Gasteiger partial charge in [0.15, 0.2) is 5.96 Å². The molecule has 6 nitrogen and oxygen atoms in total. The van der Waals surface area contributed by atoms with Crippen LogP contribution >= 0.6 is 0 Å². The van der Waals surface area contributed by atoms with Gasteiger partial charge in [0.1, 0.15) is 0 Å². The molecule has 0 spiro atoms. The van der Waals surface area contributed by atoms with Crippen molar-refractivity contribution in [3.05, 3.63) is 71.5 Å². The molecule has 154 valence electrons. The van der Waals surface area contributed by atoms with Crippen molar-refractivity contribution in [1.82, 2.24) is 14.3 Å². The summed E-state index contributed by atoms with van der Waals surface area (Å²) in [6, 6.07) is 9.79. The Kier molecular flexibility index (Phi) is 5.01. The van der Waals surface area contributed by atoms with Gasteiger partial charge in [-0.3, -0.25) is 0 Å². The number of likely N-dealkylation sites (tertiary alicyclic amines) is 1. The molecule has 1 aromatic carbocycles. The number of aliphatic hydroxyl groups is 1. The number of allylic oxidation sites excluding steroid dienone is 2. The average molecular weight is 402 g/mol. The lowest BCUT2D eigenvalue weighted by Gasteiger charge is -2.35. The van der Waals surface area contributed by atoms with E-state index in [4.69, 9.17) is 5.73 Å². The van der Waals surface area contributed by atoms with Gasteiger partial charge in [0, 0.05) is 30.4 Å². The fraction of sp³-hybridized carbons (Fsp3) is 0.333. The third kappa shape index (κ3) is 3.48. The second kappa shape index (κ2) is 7.95. The van der Waals surface area contributed by atoms with Gasteiger partial charge in [-0.25, -0.2) is 9.98 Å². The van der Waals surface area contributed by atoms with E-state index in [1.54, 1.807) is 0 Å². The summed E-state index contributed by atoms with van der Waals surface area (Å²) >= 11 is 0. The summed E-state index contributed by atoms with van der Waals surface area (Å²) in [5, 5.41) is 12.3. The number of aromatic nitrogens is 2. The zero-order valence-electron chi connectivity index (χ0n) is 17.0. The van der Waals surface area contributed by atoms with E-state index in [1.165, 1.54) is 16.5 Å². The van der Waals surface area contributed by atoms with Gasteiger partial charge in [-0.2, -0.15) is 0 Å². The van der Waals surface area contributed by atoms with Gasteiger partial charge in [0.25, 0.3) is 0 Å². The Labute approximate surface area is 176 Å². The second-order valence-corrected chi connectivity index (χ2v) is 8.19. The molecule has 30 heavy (non-hydrogen) atoms. The molecular formula is C24H27N5O. The number of aliphatic hydroxyl groups excluding tert-OH is 1. The monoisotopic (exact) mass is 401 g/mol. The molecule has 3 N–H and O–H groups in total. The van der Waals surface area contributed by atoms with Crippen LogP contribution < -0.4 is 11.0 Å². The van der Waals surface area contributed by atoms with Crippen molar-refractivity contribution in [3.63, 3.8) is 0 Å². The normalized spacial score (nSPS) is 18.4. The van der Waals surface area contributed by atoms with Crippen molar-refractivity contribution in [2.75, 3.05) is 13.1 Å². The molecule has 2 aromatic heterocycles. The SMILES string of the molecule is NC(=Nc1ccccc1)N1CCC(C(O)Cc2c3c(c4cncn24)=CC=CC3)CC1. The van der Waals surface area contributed by atoms with Gasteiger partial charge in [-0.15, -0.1) is 0 Å². The summed E-state index contributed by atoms with van der Waals surface area (Å²) in [7, 11) is 0. The molecule has 2 aliphatic rings. The number of fused-ring (bicyclic) bond motifs is 3. The maximum atomic E-state index is 11.1. The largest absolute Gasteiger partial charge is 0.392 e. The Bertz CT molecular complexity index is 1140. The average Bonchev–Trinajstić information content (AvgIpc) is 3.37. The first-order valence-electron chi connectivity index (χ1n) is 10.7. The van der Waals surface area contributed by atoms with Gasteiger partial charge in [-0.05, 0) is 42.9 Å². The minimum Gasteiger partial charge on any atom is -0.392 e. The second-order valence-electron chi connectivity index (χ2n) is 8.19. The maximum absolute atomic E-state index is 11.1. The molecule has 6 heteroatoms. The zero-order valence-corrected chi connectivity index (χ0v) is 17.0. The van der Waals surface area contributed by atoms with Crippen LogP contribution in [0, 0.1) is 5.92 Å². The third-order valence-electron chi connectivity index (χ3n) is 6.41. The van der Waals surface area contributed by atoms with E-state index in [0.717, 1.165) is 43.6 Å². The van der Waals surface area contributed by atoms with Crippen LogP contribution in [0.3, 0.4) is 0 Å². The number of nitrogens with zero attached hydrogens (tertiary/aromatic N) is 4. The highest BCUT2D eigenvalue weighted by Gasteiger charge is 2.28. The summed E-state index contributed by atoms with van der Waals surface area (Å²) in [6.07, 6.45) is 13.2.